The van der Waals surface area contributed by atoms with Gasteiger partial charge in [0.25, 0.3) is 5.91 Å². The molecule has 1 aliphatic heterocycles. The number of benzene rings is 1. The van der Waals surface area contributed by atoms with Crippen molar-refractivity contribution in [1.29, 1.82) is 0 Å². The number of carbonyl (C=O) groups is 2. The third-order valence-electron chi connectivity index (χ3n) is 3.49. The molecule has 0 aliphatic carbocycles. The number of likely N-dealkylation sites (tertiary alicyclic amines) is 1. The number of hydrogen-bond acceptors (Lipinski definition) is 3. The molecule has 1 atom stereocenters. The molecule has 0 bridgehead atoms. The lowest BCUT2D eigenvalue weighted by Crippen LogP contribution is -2.46. The number of Topliss-reactive ketones (excluding diaryl/α,β-unsaturated/α-hetero) is 1. The first kappa shape index (κ1) is 17.4. The Balaban J connectivity index is 0.00000106. The molecular weight excluding hydrogens is 264 g/mol. The number of hydrogen-bond donors (Lipinski definition) is 1. The van der Waals surface area contributed by atoms with Crippen LogP contribution in [0.2, 0.25) is 0 Å². The predicted molar refractivity (Wildman–Crippen MR) is 85.8 cm³/mol. The minimum Gasteiger partial charge on any atom is -0.348 e. The third kappa shape index (κ3) is 5.31. The van der Waals surface area contributed by atoms with Crippen LogP contribution < -0.4 is 5.32 Å². The van der Waals surface area contributed by atoms with Crippen molar-refractivity contribution in [2.24, 2.45) is 0 Å². The summed E-state index contributed by atoms with van der Waals surface area (Å²) < 4.78 is 0. The SMILES string of the molecule is CC.CC(=O)c1cccc(C(=O)N[C@@H]2CCCN(C)C2)c1. The molecule has 0 saturated carbocycles. The van der Waals surface area contributed by atoms with E-state index in [2.05, 4.69) is 17.3 Å². The zero-order valence-electron chi connectivity index (χ0n) is 13.5. The summed E-state index contributed by atoms with van der Waals surface area (Å²) in [7, 11) is 2.06. The van der Waals surface area contributed by atoms with Crippen LogP contribution in [0.3, 0.4) is 0 Å². The summed E-state index contributed by atoms with van der Waals surface area (Å²) in [4.78, 5) is 25.7. The Labute approximate surface area is 127 Å². The van der Waals surface area contributed by atoms with E-state index in [0.29, 0.717) is 11.1 Å². The lowest BCUT2D eigenvalue weighted by Gasteiger charge is -2.30. The molecule has 0 unspecified atom stereocenters. The van der Waals surface area contributed by atoms with Gasteiger partial charge in [0.15, 0.2) is 5.78 Å². The average Bonchev–Trinajstić information content (AvgIpc) is 2.49. The second kappa shape index (κ2) is 8.57. The number of likely N-dealkylation sites (N-methyl/N-ethyl adjacent to an activating group) is 1. The Morgan fingerprint density at radius 2 is 1.90 bits per heavy atom. The minimum absolute atomic E-state index is 0.0213. The second-order valence-corrected chi connectivity index (χ2v) is 5.21. The smallest absolute Gasteiger partial charge is 0.251 e. The second-order valence-electron chi connectivity index (χ2n) is 5.21. The zero-order chi connectivity index (χ0) is 15.8. The average molecular weight is 290 g/mol. The van der Waals surface area contributed by atoms with Gasteiger partial charge in [-0.15, -0.1) is 0 Å². The fourth-order valence-electron chi connectivity index (χ4n) is 2.43. The van der Waals surface area contributed by atoms with E-state index >= 15 is 0 Å². The van der Waals surface area contributed by atoms with E-state index < -0.39 is 0 Å². The Kier molecular flexibility index (Phi) is 7.09. The lowest BCUT2D eigenvalue weighted by molar-refractivity contribution is 0.0912. The molecule has 1 heterocycles. The lowest BCUT2D eigenvalue weighted by atomic mass is 10.0. The van der Waals surface area contributed by atoms with Gasteiger partial charge in [-0.05, 0) is 45.5 Å². The maximum Gasteiger partial charge on any atom is 0.251 e. The zero-order valence-corrected chi connectivity index (χ0v) is 13.5. The first-order valence-corrected chi connectivity index (χ1v) is 7.66. The number of carbonyl (C=O) groups excluding carboxylic acids is 2. The molecule has 1 saturated heterocycles. The normalized spacial score (nSPS) is 18.4. The molecule has 1 N–H and O–H groups in total. The number of ketones is 1. The highest BCUT2D eigenvalue weighted by Gasteiger charge is 2.19. The van der Waals surface area contributed by atoms with Crippen LogP contribution in [0, 0.1) is 0 Å². The molecule has 1 aromatic carbocycles. The molecule has 1 aliphatic rings. The van der Waals surface area contributed by atoms with Crippen molar-refractivity contribution in [3.63, 3.8) is 0 Å². The van der Waals surface area contributed by atoms with Crippen LogP contribution in [-0.4, -0.2) is 42.8 Å². The van der Waals surface area contributed by atoms with Crippen LogP contribution in [0.15, 0.2) is 24.3 Å². The summed E-state index contributed by atoms with van der Waals surface area (Å²) in [6.07, 6.45) is 2.12. The molecule has 116 valence electrons. The van der Waals surface area contributed by atoms with Crippen LogP contribution >= 0.6 is 0 Å². The number of piperidine rings is 1. The Morgan fingerprint density at radius 1 is 1.24 bits per heavy atom. The highest BCUT2D eigenvalue weighted by atomic mass is 16.1. The molecule has 1 fully saturated rings. The topological polar surface area (TPSA) is 49.4 Å². The van der Waals surface area contributed by atoms with Gasteiger partial charge in [0.2, 0.25) is 0 Å². The summed E-state index contributed by atoms with van der Waals surface area (Å²) in [5.41, 5.74) is 1.13. The van der Waals surface area contributed by atoms with Crippen LogP contribution in [0.5, 0.6) is 0 Å². The van der Waals surface area contributed by atoms with Crippen LogP contribution in [-0.2, 0) is 0 Å². The number of amides is 1. The van der Waals surface area contributed by atoms with Crippen LogP contribution in [0.25, 0.3) is 0 Å². The maximum atomic E-state index is 12.2. The van der Waals surface area contributed by atoms with Crippen molar-refractivity contribution in [2.45, 2.75) is 39.7 Å². The maximum absolute atomic E-state index is 12.2. The molecule has 1 amide bonds. The molecule has 4 nitrogen and oxygen atoms in total. The molecule has 2 rings (SSSR count). The first-order chi connectivity index (χ1) is 10.1. The summed E-state index contributed by atoms with van der Waals surface area (Å²) in [6.45, 7) is 7.48. The van der Waals surface area contributed by atoms with Crippen molar-refractivity contribution in [3.05, 3.63) is 35.4 Å². The number of nitrogens with one attached hydrogen (secondary N) is 1. The van der Waals surface area contributed by atoms with Crippen molar-refractivity contribution < 1.29 is 9.59 Å². The van der Waals surface area contributed by atoms with Gasteiger partial charge in [-0.3, -0.25) is 9.59 Å². The fraction of sp³-hybridized carbons (Fsp3) is 0.529. The minimum atomic E-state index is -0.0941. The van der Waals surface area contributed by atoms with Gasteiger partial charge in [0.1, 0.15) is 0 Å². The van der Waals surface area contributed by atoms with Crippen molar-refractivity contribution in [3.8, 4) is 0 Å². The van der Waals surface area contributed by atoms with Gasteiger partial charge in [-0.2, -0.15) is 0 Å². The van der Waals surface area contributed by atoms with Gasteiger partial charge in [-0.25, -0.2) is 0 Å². The summed E-state index contributed by atoms with van der Waals surface area (Å²) in [5.74, 6) is -0.115. The van der Waals surface area contributed by atoms with E-state index in [1.165, 1.54) is 6.92 Å². The molecule has 1 aromatic rings. The van der Waals surface area contributed by atoms with Crippen molar-refractivity contribution in [2.75, 3.05) is 20.1 Å². The fourth-order valence-corrected chi connectivity index (χ4v) is 2.43. The highest BCUT2D eigenvalue weighted by molar-refractivity contribution is 5.99. The summed E-state index contributed by atoms with van der Waals surface area (Å²) in [5, 5.41) is 3.04. The van der Waals surface area contributed by atoms with Crippen molar-refractivity contribution in [1.82, 2.24) is 10.2 Å². The summed E-state index contributed by atoms with van der Waals surface area (Å²) >= 11 is 0. The van der Waals surface area contributed by atoms with E-state index in [-0.39, 0.29) is 17.7 Å². The third-order valence-corrected chi connectivity index (χ3v) is 3.49. The Morgan fingerprint density at radius 3 is 2.52 bits per heavy atom. The van der Waals surface area contributed by atoms with E-state index in [1.807, 2.05) is 13.8 Å². The standard InChI is InChI=1S/C15H20N2O2.C2H6/c1-11(18)12-5-3-6-13(9-12)15(19)16-14-7-4-8-17(2)10-14;1-2/h3,5-6,9,14H,4,7-8,10H2,1-2H3,(H,16,19);1-2H3/t14-;/m1./s1. The van der Waals surface area contributed by atoms with Crippen LogP contribution in [0.4, 0.5) is 0 Å². The molecule has 21 heavy (non-hydrogen) atoms. The van der Waals surface area contributed by atoms with Gasteiger partial charge >= 0.3 is 0 Å². The van der Waals surface area contributed by atoms with Crippen molar-refractivity contribution >= 4 is 11.7 Å². The van der Waals surface area contributed by atoms with Gasteiger partial charge in [-0.1, -0.05) is 26.0 Å². The molecular formula is C17H26N2O2. The van der Waals surface area contributed by atoms with Crippen LogP contribution in [0.1, 0.15) is 54.3 Å². The van der Waals surface area contributed by atoms with E-state index in [1.54, 1.807) is 24.3 Å². The quantitative estimate of drug-likeness (QED) is 0.871. The molecule has 0 radical (unpaired) electrons. The number of rotatable bonds is 3. The highest BCUT2D eigenvalue weighted by Crippen LogP contribution is 2.10. The molecule has 0 aromatic heterocycles. The Hall–Kier alpha value is -1.68. The summed E-state index contributed by atoms with van der Waals surface area (Å²) in [6, 6.07) is 7.08. The molecule has 0 spiro atoms. The molecule has 4 heteroatoms. The Bertz CT molecular complexity index is 485. The van der Waals surface area contributed by atoms with Gasteiger partial charge in [0.05, 0.1) is 0 Å². The van der Waals surface area contributed by atoms with E-state index in [4.69, 9.17) is 0 Å². The largest absolute Gasteiger partial charge is 0.348 e. The number of nitrogens with zero attached hydrogens (tertiary/aromatic N) is 1. The predicted octanol–water partition coefficient (Wildman–Crippen LogP) is 2.74. The van der Waals surface area contributed by atoms with Gasteiger partial charge < -0.3 is 10.2 Å². The van der Waals surface area contributed by atoms with Gasteiger partial charge in [0, 0.05) is 23.7 Å². The van der Waals surface area contributed by atoms with E-state index in [9.17, 15) is 9.59 Å². The first-order valence-electron chi connectivity index (χ1n) is 7.66. The van der Waals surface area contributed by atoms with E-state index in [0.717, 1.165) is 25.9 Å². The monoisotopic (exact) mass is 290 g/mol.